The maximum absolute atomic E-state index is 6.29. The molecule has 1 aromatic heterocycles. The van der Waals surface area contributed by atoms with Crippen molar-refractivity contribution >= 4 is 0 Å². The normalized spacial score (nSPS) is 12.7. The highest BCUT2D eigenvalue weighted by Gasteiger charge is 2.14. The van der Waals surface area contributed by atoms with Crippen LogP contribution in [0.2, 0.25) is 0 Å². The molecule has 1 heterocycles. The van der Waals surface area contributed by atoms with Crippen LogP contribution >= 0.6 is 0 Å². The van der Waals surface area contributed by atoms with Crippen LogP contribution in [0.15, 0.2) is 36.7 Å². The zero-order chi connectivity index (χ0) is 14.5. The molecule has 5 heteroatoms. The van der Waals surface area contributed by atoms with Crippen molar-refractivity contribution in [3.05, 3.63) is 48.0 Å². The lowest BCUT2D eigenvalue weighted by Gasteiger charge is -2.22. The highest BCUT2D eigenvalue weighted by Crippen LogP contribution is 2.23. The third-order valence-electron chi connectivity index (χ3n) is 3.38. The number of aryl methyl sites for hydroxylation is 1. The van der Waals surface area contributed by atoms with Crippen LogP contribution in [0.3, 0.4) is 0 Å². The third kappa shape index (κ3) is 3.37. The Morgan fingerprint density at radius 1 is 1.40 bits per heavy atom. The van der Waals surface area contributed by atoms with Crippen molar-refractivity contribution in [3.63, 3.8) is 0 Å². The molecule has 2 aromatic rings. The summed E-state index contributed by atoms with van der Waals surface area (Å²) in [5, 5.41) is 0. The first kappa shape index (κ1) is 14.6. The number of benzene rings is 1. The smallest absolute Gasteiger partial charge is 0.123 e. The number of hydrogen-bond acceptors (Lipinski definition) is 4. The summed E-state index contributed by atoms with van der Waals surface area (Å²) in [6.45, 7) is 1.51. The maximum atomic E-state index is 6.29. The van der Waals surface area contributed by atoms with E-state index >= 15 is 0 Å². The number of imidazole rings is 1. The fraction of sp³-hybridized carbons (Fsp3) is 0.400. The Balaban J connectivity index is 2.00. The molecule has 1 unspecified atom stereocenters. The molecule has 0 bridgehead atoms. The second kappa shape index (κ2) is 6.54. The van der Waals surface area contributed by atoms with Gasteiger partial charge in [0, 0.05) is 37.6 Å². The second-order valence-electron chi connectivity index (χ2n) is 5.00. The number of likely N-dealkylation sites (N-methyl/N-ethyl adjacent to an activating group) is 1. The van der Waals surface area contributed by atoms with E-state index in [2.05, 4.69) is 9.88 Å². The number of methoxy groups -OCH3 is 1. The van der Waals surface area contributed by atoms with E-state index < -0.39 is 0 Å². The van der Waals surface area contributed by atoms with E-state index in [4.69, 9.17) is 10.5 Å². The van der Waals surface area contributed by atoms with Gasteiger partial charge >= 0.3 is 0 Å². The van der Waals surface area contributed by atoms with Gasteiger partial charge in [0.25, 0.3) is 0 Å². The topological polar surface area (TPSA) is 56.3 Å². The molecular formula is C15H22N4O. The molecule has 0 saturated heterocycles. The number of hydrogen-bond donors (Lipinski definition) is 1. The Bertz CT molecular complexity index is 552. The highest BCUT2D eigenvalue weighted by molar-refractivity contribution is 5.35. The number of rotatable bonds is 6. The highest BCUT2D eigenvalue weighted by atomic mass is 16.5. The van der Waals surface area contributed by atoms with Gasteiger partial charge in [0.2, 0.25) is 0 Å². The van der Waals surface area contributed by atoms with Gasteiger partial charge in [0.15, 0.2) is 0 Å². The molecule has 0 saturated carbocycles. The van der Waals surface area contributed by atoms with Gasteiger partial charge in [-0.3, -0.25) is 4.90 Å². The van der Waals surface area contributed by atoms with Crippen LogP contribution in [0.5, 0.6) is 5.75 Å². The SMILES string of the molecule is COc1ccccc1C(N)CN(C)Cc1nccn1C. The van der Waals surface area contributed by atoms with E-state index in [0.717, 1.165) is 30.2 Å². The van der Waals surface area contributed by atoms with Crippen LogP contribution in [0, 0.1) is 0 Å². The molecule has 0 aliphatic carbocycles. The molecule has 108 valence electrons. The Morgan fingerprint density at radius 2 is 2.15 bits per heavy atom. The molecular weight excluding hydrogens is 252 g/mol. The fourth-order valence-corrected chi connectivity index (χ4v) is 2.26. The number of ether oxygens (including phenoxy) is 1. The predicted molar refractivity (Wildman–Crippen MR) is 79.5 cm³/mol. The van der Waals surface area contributed by atoms with E-state index in [9.17, 15) is 0 Å². The van der Waals surface area contributed by atoms with Gasteiger partial charge < -0.3 is 15.0 Å². The second-order valence-corrected chi connectivity index (χ2v) is 5.00. The molecule has 1 aromatic carbocycles. The van der Waals surface area contributed by atoms with Gasteiger partial charge in [0.1, 0.15) is 11.6 Å². The standard InChI is InChI=1S/C15H22N4O/c1-18(11-15-17-8-9-19(15)2)10-13(16)12-6-4-5-7-14(12)20-3/h4-9,13H,10-11,16H2,1-3H3. The molecule has 2 rings (SSSR count). The Hall–Kier alpha value is -1.85. The van der Waals surface area contributed by atoms with Crippen LogP contribution < -0.4 is 10.5 Å². The number of para-hydroxylation sites is 1. The molecule has 0 amide bonds. The van der Waals surface area contributed by atoms with Crippen molar-refractivity contribution in [1.82, 2.24) is 14.5 Å². The summed E-state index contributed by atoms with van der Waals surface area (Å²) in [7, 11) is 5.71. The zero-order valence-corrected chi connectivity index (χ0v) is 12.3. The van der Waals surface area contributed by atoms with Gasteiger partial charge in [-0.05, 0) is 13.1 Å². The Kier molecular flexibility index (Phi) is 4.76. The predicted octanol–water partition coefficient (Wildman–Crippen LogP) is 1.56. The number of nitrogens with zero attached hydrogens (tertiary/aromatic N) is 3. The molecule has 2 N–H and O–H groups in total. The fourth-order valence-electron chi connectivity index (χ4n) is 2.26. The van der Waals surface area contributed by atoms with Gasteiger partial charge in [-0.25, -0.2) is 4.98 Å². The van der Waals surface area contributed by atoms with Crippen molar-refractivity contribution in [2.45, 2.75) is 12.6 Å². The number of aromatic nitrogens is 2. The lowest BCUT2D eigenvalue weighted by Crippen LogP contribution is -2.29. The van der Waals surface area contributed by atoms with Crippen molar-refractivity contribution < 1.29 is 4.74 Å². The average Bonchev–Trinajstić information content (AvgIpc) is 2.84. The monoisotopic (exact) mass is 274 g/mol. The molecule has 0 spiro atoms. The van der Waals surface area contributed by atoms with Gasteiger partial charge in [-0.2, -0.15) is 0 Å². The summed E-state index contributed by atoms with van der Waals surface area (Å²) in [4.78, 5) is 6.49. The molecule has 0 radical (unpaired) electrons. The molecule has 0 aliphatic heterocycles. The van der Waals surface area contributed by atoms with Gasteiger partial charge in [-0.15, -0.1) is 0 Å². The van der Waals surface area contributed by atoms with Crippen LogP contribution in [0.4, 0.5) is 0 Å². The summed E-state index contributed by atoms with van der Waals surface area (Å²) in [5.41, 5.74) is 7.32. The quantitative estimate of drug-likeness (QED) is 0.868. The van der Waals surface area contributed by atoms with Crippen LogP contribution in [-0.2, 0) is 13.6 Å². The first-order chi connectivity index (χ1) is 9.61. The lowest BCUT2D eigenvalue weighted by molar-refractivity contribution is 0.291. The Labute approximate surface area is 120 Å². The summed E-state index contributed by atoms with van der Waals surface area (Å²) in [6.07, 6.45) is 3.76. The summed E-state index contributed by atoms with van der Waals surface area (Å²) in [5.74, 6) is 1.87. The first-order valence-corrected chi connectivity index (χ1v) is 6.65. The van der Waals surface area contributed by atoms with Crippen molar-refractivity contribution in [1.29, 1.82) is 0 Å². The largest absolute Gasteiger partial charge is 0.496 e. The summed E-state index contributed by atoms with van der Waals surface area (Å²) in [6, 6.07) is 7.80. The van der Waals surface area contributed by atoms with E-state index in [1.807, 2.05) is 55.3 Å². The van der Waals surface area contributed by atoms with Crippen LogP contribution in [0.1, 0.15) is 17.4 Å². The van der Waals surface area contributed by atoms with E-state index in [-0.39, 0.29) is 6.04 Å². The van der Waals surface area contributed by atoms with Crippen LogP contribution in [0.25, 0.3) is 0 Å². The zero-order valence-electron chi connectivity index (χ0n) is 12.3. The van der Waals surface area contributed by atoms with Crippen molar-refractivity contribution in [2.24, 2.45) is 12.8 Å². The minimum Gasteiger partial charge on any atom is -0.496 e. The minimum absolute atomic E-state index is 0.0866. The van der Waals surface area contributed by atoms with E-state index in [1.54, 1.807) is 7.11 Å². The maximum Gasteiger partial charge on any atom is 0.123 e. The van der Waals surface area contributed by atoms with Gasteiger partial charge in [0.05, 0.1) is 13.7 Å². The van der Waals surface area contributed by atoms with E-state index in [1.165, 1.54) is 0 Å². The number of nitrogens with two attached hydrogens (primary N) is 1. The minimum atomic E-state index is -0.0866. The Morgan fingerprint density at radius 3 is 2.80 bits per heavy atom. The summed E-state index contributed by atoms with van der Waals surface area (Å²) >= 11 is 0. The van der Waals surface area contributed by atoms with E-state index in [0.29, 0.717) is 0 Å². The third-order valence-corrected chi connectivity index (χ3v) is 3.38. The molecule has 0 aliphatic rings. The first-order valence-electron chi connectivity index (χ1n) is 6.65. The van der Waals surface area contributed by atoms with Crippen molar-refractivity contribution in [2.75, 3.05) is 20.7 Å². The van der Waals surface area contributed by atoms with Gasteiger partial charge in [-0.1, -0.05) is 18.2 Å². The molecule has 1 atom stereocenters. The molecule has 0 fully saturated rings. The molecule has 5 nitrogen and oxygen atoms in total. The average molecular weight is 274 g/mol. The van der Waals surface area contributed by atoms with Crippen LogP contribution in [-0.4, -0.2) is 35.2 Å². The summed E-state index contributed by atoms with van der Waals surface area (Å²) < 4.78 is 7.38. The molecule has 20 heavy (non-hydrogen) atoms. The van der Waals surface area contributed by atoms with Crippen molar-refractivity contribution in [3.8, 4) is 5.75 Å². The lowest BCUT2D eigenvalue weighted by atomic mass is 10.1.